The maximum absolute atomic E-state index is 10.5. The van der Waals surface area contributed by atoms with E-state index in [1.165, 1.54) is 11.3 Å². The van der Waals surface area contributed by atoms with Crippen molar-refractivity contribution in [3.8, 4) is 0 Å². The number of benzene rings is 1. The topological polar surface area (TPSA) is 20.2 Å². The Hall–Kier alpha value is -0.350. The minimum Gasteiger partial charge on any atom is -0.385 e. The van der Waals surface area contributed by atoms with Crippen LogP contribution in [0.2, 0.25) is 4.34 Å². The monoisotopic (exact) mass is 330 g/mol. The minimum atomic E-state index is -0.877. The Morgan fingerprint density at radius 2 is 2.12 bits per heavy atom. The molecule has 1 heterocycles. The van der Waals surface area contributed by atoms with Gasteiger partial charge in [0.15, 0.2) is 0 Å². The van der Waals surface area contributed by atoms with E-state index in [4.69, 9.17) is 11.6 Å². The van der Waals surface area contributed by atoms with Gasteiger partial charge in [-0.2, -0.15) is 0 Å². The molecule has 0 spiro atoms. The maximum Gasteiger partial charge on any atom is 0.0931 e. The molecule has 1 atom stereocenters. The average molecular weight is 332 g/mol. The Morgan fingerprint density at radius 1 is 1.35 bits per heavy atom. The van der Waals surface area contributed by atoms with Crippen LogP contribution in [-0.4, -0.2) is 5.11 Å². The van der Waals surface area contributed by atoms with E-state index in [2.05, 4.69) is 15.9 Å². The van der Waals surface area contributed by atoms with Gasteiger partial charge in [-0.05, 0) is 36.8 Å². The first kappa shape index (κ1) is 13.1. The largest absolute Gasteiger partial charge is 0.385 e. The molecule has 1 nitrogen and oxygen atoms in total. The third kappa shape index (κ3) is 3.32. The minimum absolute atomic E-state index is 0.570. The Labute approximate surface area is 118 Å². The van der Waals surface area contributed by atoms with Gasteiger partial charge in [-0.1, -0.05) is 39.7 Å². The number of hydrogen-bond donors (Lipinski definition) is 1. The van der Waals surface area contributed by atoms with E-state index >= 15 is 0 Å². The Balaban J connectivity index is 2.24. The predicted octanol–water partition coefficient (Wildman–Crippen LogP) is 4.61. The first-order valence-electron chi connectivity index (χ1n) is 5.20. The van der Waals surface area contributed by atoms with Crippen molar-refractivity contribution in [2.24, 2.45) is 0 Å². The standard InChI is InChI=1S/C13H12BrClOS/c1-13(16,8-11-5-6-12(15)17-11)9-3-2-4-10(14)7-9/h2-7,16H,8H2,1H3. The fraction of sp³-hybridized carbons (Fsp3) is 0.231. The van der Waals surface area contributed by atoms with Crippen LogP contribution < -0.4 is 0 Å². The van der Waals surface area contributed by atoms with Crippen molar-refractivity contribution in [2.45, 2.75) is 18.9 Å². The molecular weight excluding hydrogens is 320 g/mol. The van der Waals surface area contributed by atoms with Gasteiger partial charge in [0.05, 0.1) is 9.94 Å². The summed E-state index contributed by atoms with van der Waals surface area (Å²) in [6.45, 7) is 1.82. The van der Waals surface area contributed by atoms with Gasteiger partial charge in [0, 0.05) is 15.8 Å². The van der Waals surface area contributed by atoms with Crippen molar-refractivity contribution < 1.29 is 5.11 Å². The van der Waals surface area contributed by atoms with E-state index in [1.807, 2.05) is 43.3 Å². The molecule has 0 amide bonds. The summed E-state index contributed by atoms with van der Waals surface area (Å²) in [7, 11) is 0. The molecular formula is C13H12BrClOS. The van der Waals surface area contributed by atoms with Crippen LogP contribution >= 0.6 is 38.9 Å². The zero-order valence-electron chi connectivity index (χ0n) is 9.28. The van der Waals surface area contributed by atoms with Crippen molar-refractivity contribution in [3.05, 3.63) is 55.6 Å². The van der Waals surface area contributed by atoms with Gasteiger partial charge >= 0.3 is 0 Å². The quantitative estimate of drug-likeness (QED) is 0.870. The van der Waals surface area contributed by atoms with Crippen molar-refractivity contribution in [2.75, 3.05) is 0 Å². The second-order valence-electron chi connectivity index (χ2n) is 4.17. The third-order valence-electron chi connectivity index (χ3n) is 2.59. The molecule has 0 fully saturated rings. The molecule has 0 aliphatic rings. The number of aliphatic hydroxyl groups is 1. The van der Waals surface area contributed by atoms with Crippen LogP contribution in [0, 0.1) is 0 Å². The summed E-state index contributed by atoms with van der Waals surface area (Å²) in [5.74, 6) is 0. The van der Waals surface area contributed by atoms with Crippen molar-refractivity contribution in [1.82, 2.24) is 0 Å². The fourth-order valence-electron chi connectivity index (χ4n) is 1.71. The fourth-order valence-corrected chi connectivity index (χ4v) is 3.35. The molecule has 0 saturated carbocycles. The first-order chi connectivity index (χ1) is 7.97. The molecule has 1 aromatic carbocycles. The van der Waals surface area contributed by atoms with E-state index in [0.29, 0.717) is 6.42 Å². The third-order valence-corrected chi connectivity index (χ3v) is 4.32. The normalized spacial score (nSPS) is 14.6. The average Bonchev–Trinajstić information content (AvgIpc) is 2.63. The van der Waals surface area contributed by atoms with Gasteiger partial charge in [-0.25, -0.2) is 0 Å². The van der Waals surface area contributed by atoms with Gasteiger partial charge in [0.1, 0.15) is 0 Å². The summed E-state index contributed by atoms with van der Waals surface area (Å²) in [6.07, 6.45) is 0.570. The summed E-state index contributed by atoms with van der Waals surface area (Å²) >= 11 is 10.8. The highest BCUT2D eigenvalue weighted by Gasteiger charge is 2.24. The van der Waals surface area contributed by atoms with Gasteiger partial charge < -0.3 is 5.11 Å². The Morgan fingerprint density at radius 3 is 2.71 bits per heavy atom. The number of rotatable bonds is 3. The summed E-state index contributed by atoms with van der Waals surface area (Å²) < 4.78 is 1.73. The van der Waals surface area contributed by atoms with Gasteiger partial charge in [-0.15, -0.1) is 11.3 Å². The van der Waals surface area contributed by atoms with Crippen LogP contribution in [0.1, 0.15) is 17.4 Å². The van der Waals surface area contributed by atoms with Gasteiger partial charge in [0.2, 0.25) is 0 Å². The van der Waals surface area contributed by atoms with Crippen LogP contribution in [0.3, 0.4) is 0 Å². The zero-order chi connectivity index (χ0) is 12.5. The number of thiophene rings is 1. The highest BCUT2D eigenvalue weighted by Crippen LogP contribution is 2.31. The molecule has 17 heavy (non-hydrogen) atoms. The van der Waals surface area contributed by atoms with E-state index in [0.717, 1.165) is 19.2 Å². The smallest absolute Gasteiger partial charge is 0.0931 e. The highest BCUT2D eigenvalue weighted by atomic mass is 79.9. The van der Waals surface area contributed by atoms with E-state index in [1.54, 1.807) is 0 Å². The molecule has 0 radical (unpaired) electrons. The first-order valence-corrected chi connectivity index (χ1v) is 7.19. The summed E-state index contributed by atoms with van der Waals surface area (Å²) in [5, 5.41) is 10.5. The Kier molecular flexibility index (Phi) is 3.93. The molecule has 2 rings (SSSR count). The highest BCUT2D eigenvalue weighted by molar-refractivity contribution is 9.10. The molecule has 0 saturated heterocycles. The summed E-state index contributed by atoms with van der Waals surface area (Å²) in [6, 6.07) is 11.6. The molecule has 4 heteroatoms. The second kappa shape index (κ2) is 5.11. The van der Waals surface area contributed by atoms with Crippen LogP contribution in [-0.2, 0) is 12.0 Å². The van der Waals surface area contributed by atoms with Crippen molar-refractivity contribution in [3.63, 3.8) is 0 Å². The van der Waals surface area contributed by atoms with Gasteiger partial charge in [0.25, 0.3) is 0 Å². The van der Waals surface area contributed by atoms with E-state index in [-0.39, 0.29) is 0 Å². The maximum atomic E-state index is 10.5. The molecule has 0 aliphatic heterocycles. The SMILES string of the molecule is CC(O)(Cc1ccc(Cl)s1)c1cccc(Br)c1. The molecule has 90 valence electrons. The predicted molar refractivity (Wildman–Crippen MR) is 76.7 cm³/mol. The lowest BCUT2D eigenvalue weighted by molar-refractivity contribution is 0.0584. The summed E-state index contributed by atoms with van der Waals surface area (Å²) in [5.41, 5.74) is 0.0224. The second-order valence-corrected chi connectivity index (χ2v) is 6.88. The molecule has 2 aromatic rings. The van der Waals surface area contributed by atoms with Crippen LogP contribution in [0.25, 0.3) is 0 Å². The Bertz CT molecular complexity index is 522. The van der Waals surface area contributed by atoms with Crippen molar-refractivity contribution >= 4 is 38.9 Å². The zero-order valence-corrected chi connectivity index (χ0v) is 12.4. The molecule has 1 aromatic heterocycles. The van der Waals surface area contributed by atoms with Gasteiger partial charge in [-0.3, -0.25) is 0 Å². The summed E-state index contributed by atoms with van der Waals surface area (Å²) in [4.78, 5) is 1.08. The van der Waals surface area contributed by atoms with Crippen LogP contribution in [0.5, 0.6) is 0 Å². The lowest BCUT2D eigenvalue weighted by Gasteiger charge is -2.23. The van der Waals surface area contributed by atoms with Crippen LogP contribution in [0.15, 0.2) is 40.9 Å². The van der Waals surface area contributed by atoms with E-state index < -0.39 is 5.60 Å². The molecule has 1 N–H and O–H groups in total. The van der Waals surface area contributed by atoms with Crippen LogP contribution in [0.4, 0.5) is 0 Å². The number of halogens is 2. The molecule has 0 bridgehead atoms. The van der Waals surface area contributed by atoms with E-state index in [9.17, 15) is 5.11 Å². The van der Waals surface area contributed by atoms with Crippen molar-refractivity contribution in [1.29, 1.82) is 0 Å². The molecule has 0 aliphatic carbocycles. The lowest BCUT2D eigenvalue weighted by atomic mass is 9.92. The number of hydrogen-bond acceptors (Lipinski definition) is 2. The lowest BCUT2D eigenvalue weighted by Crippen LogP contribution is -2.23. The molecule has 1 unspecified atom stereocenters.